The van der Waals surface area contributed by atoms with Gasteiger partial charge >= 0.3 is 0 Å². The maximum Gasteiger partial charge on any atom is 0.254 e. The minimum absolute atomic E-state index is 0.123. The first-order chi connectivity index (χ1) is 15.6. The van der Waals surface area contributed by atoms with E-state index in [0.29, 0.717) is 24.6 Å². The number of aromatic nitrogens is 2. The van der Waals surface area contributed by atoms with E-state index in [9.17, 15) is 9.18 Å². The van der Waals surface area contributed by atoms with Crippen LogP contribution in [0.2, 0.25) is 0 Å². The average molecular weight is 433 g/mol. The number of amides is 1. The highest BCUT2D eigenvalue weighted by Gasteiger charge is 2.31. The van der Waals surface area contributed by atoms with Crippen LogP contribution in [0.3, 0.4) is 0 Å². The monoisotopic (exact) mass is 432 g/mol. The number of likely N-dealkylation sites (N-methyl/N-ethyl adjacent to an activating group) is 1. The molecular formula is C26H29FN4O. The summed E-state index contributed by atoms with van der Waals surface area (Å²) in [4.78, 5) is 17.6. The van der Waals surface area contributed by atoms with Gasteiger partial charge in [0.25, 0.3) is 5.91 Å². The van der Waals surface area contributed by atoms with Crippen LogP contribution < -0.4 is 0 Å². The van der Waals surface area contributed by atoms with Crippen molar-refractivity contribution < 1.29 is 9.18 Å². The largest absolute Gasteiger partial charge is 0.332 e. The van der Waals surface area contributed by atoms with Crippen molar-refractivity contribution >= 4 is 5.91 Å². The van der Waals surface area contributed by atoms with Gasteiger partial charge in [-0.05, 0) is 55.6 Å². The molecule has 5 nitrogen and oxygen atoms in total. The van der Waals surface area contributed by atoms with E-state index in [1.54, 1.807) is 12.1 Å². The molecule has 0 radical (unpaired) electrons. The van der Waals surface area contributed by atoms with Gasteiger partial charge < -0.3 is 4.90 Å². The van der Waals surface area contributed by atoms with Crippen molar-refractivity contribution in [2.45, 2.75) is 39.3 Å². The molecule has 2 aromatic carbocycles. The van der Waals surface area contributed by atoms with Gasteiger partial charge in [0.15, 0.2) is 0 Å². The fourth-order valence-electron chi connectivity index (χ4n) is 4.54. The van der Waals surface area contributed by atoms with Crippen LogP contribution in [-0.4, -0.2) is 45.1 Å². The topological polar surface area (TPSA) is 41.4 Å². The SMILES string of the molecule is CCN1CCc2c(c(CN(CC3CC3)C(=O)c3cccc(F)c3)nn2-c2ccccc2)C1. The Morgan fingerprint density at radius 2 is 1.97 bits per heavy atom. The second-order valence-corrected chi connectivity index (χ2v) is 8.88. The molecule has 1 fully saturated rings. The third-order valence-electron chi connectivity index (χ3n) is 6.54. The summed E-state index contributed by atoms with van der Waals surface area (Å²) in [6.45, 7) is 6.17. The standard InChI is InChI=1S/C26H29FN4O/c1-2-29-14-13-25-23(17-29)24(28-31(25)22-9-4-3-5-10-22)18-30(16-19-11-12-19)26(32)20-7-6-8-21(27)15-20/h3-10,15,19H,2,11-14,16-18H2,1H3. The van der Waals surface area contributed by atoms with Crippen molar-refractivity contribution in [1.82, 2.24) is 19.6 Å². The Morgan fingerprint density at radius 3 is 2.69 bits per heavy atom. The summed E-state index contributed by atoms with van der Waals surface area (Å²) in [6, 6.07) is 16.2. The maximum absolute atomic E-state index is 13.8. The highest BCUT2D eigenvalue weighted by atomic mass is 19.1. The van der Waals surface area contributed by atoms with Crippen LogP contribution in [0.5, 0.6) is 0 Å². The Morgan fingerprint density at radius 1 is 1.16 bits per heavy atom. The summed E-state index contributed by atoms with van der Waals surface area (Å²) >= 11 is 0. The molecule has 1 aromatic heterocycles. The molecule has 0 bridgehead atoms. The van der Waals surface area contributed by atoms with Crippen molar-refractivity contribution in [3.8, 4) is 5.69 Å². The first-order valence-corrected chi connectivity index (χ1v) is 11.5. The molecular weight excluding hydrogens is 403 g/mol. The van der Waals surface area contributed by atoms with E-state index in [0.717, 1.165) is 50.3 Å². The highest BCUT2D eigenvalue weighted by molar-refractivity contribution is 5.94. The van der Waals surface area contributed by atoms with Gasteiger partial charge in [-0.1, -0.05) is 31.2 Å². The summed E-state index contributed by atoms with van der Waals surface area (Å²) in [5.74, 6) is 0.0285. The van der Waals surface area contributed by atoms with Gasteiger partial charge in [0, 0.05) is 37.2 Å². The molecule has 2 aliphatic rings. The van der Waals surface area contributed by atoms with Gasteiger partial charge in [-0.3, -0.25) is 9.69 Å². The highest BCUT2D eigenvalue weighted by Crippen LogP contribution is 2.32. The fourth-order valence-corrected chi connectivity index (χ4v) is 4.54. The molecule has 1 amide bonds. The maximum atomic E-state index is 13.8. The van der Waals surface area contributed by atoms with Gasteiger partial charge in [-0.25, -0.2) is 9.07 Å². The van der Waals surface area contributed by atoms with Gasteiger partial charge in [0.05, 0.1) is 23.6 Å². The van der Waals surface area contributed by atoms with Gasteiger partial charge in [0.2, 0.25) is 0 Å². The second-order valence-electron chi connectivity index (χ2n) is 8.88. The van der Waals surface area contributed by atoms with E-state index in [1.165, 1.54) is 23.4 Å². The molecule has 0 unspecified atom stereocenters. The Bertz CT molecular complexity index is 1110. The first kappa shape index (κ1) is 20.9. The van der Waals surface area contributed by atoms with E-state index < -0.39 is 0 Å². The molecule has 1 aliphatic heterocycles. The first-order valence-electron chi connectivity index (χ1n) is 11.5. The average Bonchev–Trinajstić information content (AvgIpc) is 3.58. The quantitative estimate of drug-likeness (QED) is 0.554. The molecule has 1 aliphatic carbocycles. The van der Waals surface area contributed by atoms with Crippen LogP contribution in [0.4, 0.5) is 4.39 Å². The van der Waals surface area contributed by atoms with E-state index in [4.69, 9.17) is 5.10 Å². The Kier molecular flexibility index (Phi) is 5.79. The number of fused-ring (bicyclic) bond motifs is 1. The van der Waals surface area contributed by atoms with Crippen LogP contribution in [0, 0.1) is 11.7 Å². The van der Waals surface area contributed by atoms with E-state index in [1.807, 2.05) is 23.1 Å². The molecule has 0 atom stereocenters. The summed E-state index contributed by atoms with van der Waals surface area (Å²) in [5, 5.41) is 5.01. The molecule has 166 valence electrons. The molecule has 6 heteroatoms. The number of para-hydroxylation sites is 1. The number of rotatable bonds is 7. The van der Waals surface area contributed by atoms with E-state index >= 15 is 0 Å². The third-order valence-corrected chi connectivity index (χ3v) is 6.54. The predicted molar refractivity (Wildman–Crippen MR) is 122 cm³/mol. The van der Waals surface area contributed by atoms with Gasteiger partial charge in [-0.2, -0.15) is 5.10 Å². The third kappa shape index (κ3) is 4.32. The van der Waals surface area contributed by atoms with Crippen molar-refractivity contribution in [2.75, 3.05) is 19.6 Å². The van der Waals surface area contributed by atoms with Crippen molar-refractivity contribution in [1.29, 1.82) is 0 Å². The smallest absolute Gasteiger partial charge is 0.254 e. The Balaban J connectivity index is 1.50. The van der Waals surface area contributed by atoms with Crippen LogP contribution in [0.15, 0.2) is 54.6 Å². The minimum Gasteiger partial charge on any atom is -0.332 e. The number of carbonyl (C=O) groups is 1. The molecule has 2 heterocycles. The molecule has 3 aromatic rings. The summed E-state index contributed by atoms with van der Waals surface area (Å²) < 4.78 is 15.9. The summed E-state index contributed by atoms with van der Waals surface area (Å²) in [6.07, 6.45) is 3.23. The number of carbonyl (C=O) groups excluding carboxylic acids is 1. The van der Waals surface area contributed by atoms with E-state index in [-0.39, 0.29) is 11.7 Å². The zero-order chi connectivity index (χ0) is 22.1. The predicted octanol–water partition coefficient (Wildman–Crippen LogP) is 4.44. The lowest BCUT2D eigenvalue weighted by molar-refractivity contribution is 0.0731. The Labute approximate surface area is 188 Å². The number of hydrogen-bond donors (Lipinski definition) is 0. The molecule has 0 spiro atoms. The number of nitrogens with zero attached hydrogens (tertiary/aromatic N) is 4. The molecule has 1 saturated carbocycles. The normalized spacial score (nSPS) is 16.1. The van der Waals surface area contributed by atoms with Crippen molar-refractivity contribution in [3.63, 3.8) is 0 Å². The van der Waals surface area contributed by atoms with E-state index in [2.05, 4.69) is 28.6 Å². The summed E-state index contributed by atoms with van der Waals surface area (Å²) in [5.41, 5.74) is 4.87. The fraction of sp³-hybridized carbons (Fsp3) is 0.385. The lowest BCUT2D eigenvalue weighted by Crippen LogP contribution is -2.34. The van der Waals surface area contributed by atoms with Gasteiger partial charge in [-0.15, -0.1) is 0 Å². The number of benzene rings is 2. The number of hydrogen-bond acceptors (Lipinski definition) is 3. The van der Waals surface area contributed by atoms with Crippen LogP contribution in [-0.2, 0) is 19.5 Å². The van der Waals surface area contributed by atoms with Crippen molar-refractivity contribution in [2.24, 2.45) is 5.92 Å². The van der Waals surface area contributed by atoms with Crippen LogP contribution in [0.25, 0.3) is 5.69 Å². The summed E-state index contributed by atoms with van der Waals surface area (Å²) in [7, 11) is 0. The number of halogens is 1. The zero-order valence-corrected chi connectivity index (χ0v) is 18.5. The molecule has 32 heavy (non-hydrogen) atoms. The van der Waals surface area contributed by atoms with Gasteiger partial charge in [0.1, 0.15) is 5.82 Å². The lowest BCUT2D eigenvalue weighted by Gasteiger charge is -2.27. The van der Waals surface area contributed by atoms with Crippen molar-refractivity contribution in [3.05, 3.63) is 82.9 Å². The molecule has 0 N–H and O–H groups in total. The minimum atomic E-state index is -0.383. The lowest BCUT2D eigenvalue weighted by atomic mass is 10.0. The van der Waals surface area contributed by atoms with Crippen LogP contribution in [0.1, 0.15) is 47.1 Å². The molecule has 0 saturated heterocycles. The molecule has 5 rings (SSSR count). The second kappa shape index (κ2) is 8.87. The zero-order valence-electron chi connectivity index (χ0n) is 18.5. The van der Waals surface area contributed by atoms with Crippen LogP contribution >= 0.6 is 0 Å². The Hall–Kier alpha value is -2.99.